The highest BCUT2D eigenvalue weighted by molar-refractivity contribution is 5.79. The molecular weight excluding hydrogens is 333 g/mol. The van der Waals surface area contributed by atoms with Gasteiger partial charge < -0.3 is 15.2 Å². The van der Waals surface area contributed by atoms with E-state index in [0.29, 0.717) is 19.0 Å². The van der Waals surface area contributed by atoms with Gasteiger partial charge in [0.25, 0.3) is 0 Å². The maximum absolute atomic E-state index is 12.5. The maximum Gasteiger partial charge on any atom is 0.416 e. The number of nitrogens with zero attached hydrogens (tertiary/aromatic N) is 2. The topological polar surface area (TPSA) is 62.5 Å². The second-order valence-corrected chi connectivity index (χ2v) is 5.60. The predicted molar refractivity (Wildman–Crippen MR) is 89.3 cm³/mol. The molecule has 0 aliphatic heterocycles. The first-order valence-corrected chi connectivity index (χ1v) is 7.83. The molecule has 0 fully saturated rings. The molecule has 0 spiro atoms. The first-order chi connectivity index (χ1) is 11.8. The molecule has 0 saturated heterocycles. The van der Waals surface area contributed by atoms with E-state index < -0.39 is 11.7 Å². The lowest BCUT2D eigenvalue weighted by molar-refractivity contribution is -0.137. The zero-order valence-electron chi connectivity index (χ0n) is 14.4. The van der Waals surface area contributed by atoms with E-state index in [1.165, 1.54) is 12.1 Å². The minimum absolute atomic E-state index is 0.378. The van der Waals surface area contributed by atoms with E-state index in [9.17, 15) is 13.2 Å². The summed E-state index contributed by atoms with van der Waals surface area (Å²) in [5.74, 6) is 1.37. The van der Waals surface area contributed by atoms with Gasteiger partial charge in [-0.2, -0.15) is 13.2 Å². The van der Waals surface area contributed by atoms with E-state index in [1.54, 1.807) is 7.05 Å². The maximum atomic E-state index is 12.5. The molecule has 136 valence electrons. The third-order valence-corrected chi connectivity index (χ3v) is 3.81. The van der Waals surface area contributed by atoms with E-state index in [2.05, 4.69) is 20.8 Å². The summed E-state index contributed by atoms with van der Waals surface area (Å²) in [5.41, 5.74) is 2.01. The summed E-state index contributed by atoms with van der Waals surface area (Å²) >= 11 is 0. The van der Waals surface area contributed by atoms with Gasteiger partial charge in [0.05, 0.1) is 11.3 Å². The van der Waals surface area contributed by atoms with Gasteiger partial charge >= 0.3 is 6.18 Å². The largest absolute Gasteiger partial charge is 0.416 e. The molecule has 0 amide bonds. The number of guanidine groups is 1. The molecule has 1 heterocycles. The SMILES string of the molecule is CN=C(NCCc1c(C)noc1C)NCc1ccc(C(F)(F)F)cc1. The molecule has 0 saturated carbocycles. The van der Waals surface area contributed by atoms with Crippen LogP contribution in [0.25, 0.3) is 0 Å². The van der Waals surface area contributed by atoms with Crippen LogP contribution in [0.5, 0.6) is 0 Å². The third-order valence-electron chi connectivity index (χ3n) is 3.81. The zero-order chi connectivity index (χ0) is 18.4. The summed E-state index contributed by atoms with van der Waals surface area (Å²) < 4.78 is 42.7. The van der Waals surface area contributed by atoms with Crippen LogP contribution in [0.1, 0.15) is 28.1 Å². The van der Waals surface area contributed by atoms with Crippen molar-refractivity contribution >= 4 is 5.96 Å². The summed E-state index contributed by atoms with van der Waals surface area (Å²) in [4.78, 5) is 4.10. The van der Waals surface area contributed by atoms with Crippen LogP contribution in [0.3, 0.4) is 0 Å². The van der Waals surface area contributed by atoms with Gasteiger partial charge in [0.2, 0.25) is 0 Å². The highest BCUT2D eigenvalue weighted by Crippen LogP contribution is 2.29. The molecule has 0 atom stereocenters. The van der Waals surface area contributed by atoms with Crippen molar-refractivity contribution in [2.24, 2.45) is 4.99 Å². The number of aryl methyl sites for hydroxylation is 2. The Bertz CT molecular complexity index is 701. The number of aromatic nitrogens is 1. The monoisotopic (exact) mass is 354 g/mol. The van der Waals surface area contributed by atoms with E-state index in [-0.39, 0.29) is 0 Å². The van der Waals surface area contributed by atoms with E-state index in [0.717, 1.165) is 41.1 Å². The molecule has 2 N–H and O–H groups in total. The van der Waals surface area contributed by atoms with Gasteiger partial charge in [0.15, 0.2) is 5.96 Å². The van der Waals surface area contributed by atoms with Gasteiger partial charge in [-0.1, -0.05) is 17.3 Å². The van der Waals surface area contributed by atoms with Gasteiger partial charge in [-0.3, -0.25) is 4.99 Å². The summed E-state index contributed by atoms with van der Waals surface area (Å²) in [6.45, 7) is 4.77. The molecule has 1 aromatic carbocycles. The summed E-state index contributed by atoms with van der Waals surface area (Å²) in [6.07, 6.45) is -3.58. The zero-order valence-corrected chi connectivity index (χ0v) is 14.4. The molecule has 25 heavy (non-hydrogen) atoms. The number of nitrogens with one attached hydrogen (secondary N) is 2. The van der Waals surface area contributed by atoms with Crippen LogP contribution in [0.4, 0.5) is 13.2 Å². The van der Waals surface area contributed by atoms with Crippen molar-refractivity contribution in [1.29, 1.82) is 0 Å². The molecule has 0 bridgehead atoms. The van der Waals surface area contributed by atoms with Gasteiger partial charge in [-0.25, -0.2) is 0 Å². The summed E-state index contributed by atoms with van der Waals surface area (Å²) in [6, 6.07) is 5.05. The van der Waals surface area contributed by atoms with E-state index in [1.807, 2.05) is 13.8 Å². The van der Waals surface area contributed by atoms with Crippen molar-refractivity contribution in [3.05, 3.63) is 52.4 Å². The second-order valence-electron chi connectivity index (χ2n) is 5.60. The minimum Gasteiger partial charge on any atom is -0.361 e. The molecule has 5 nitrogen and oxygen atoms in total. The van der Waals surface area contributed by atoms with Crippen molar-refractivity contribution in [3.8, 4) is 0 Å². The molecule has 1 aromatic heterocycles. The lowest BCUT2D eigenvalue weighted by Crippen LogP contribution is -2.37. The van der Waals surface area contributed by atoms with Crippen LogP contribution >= 0.6 is 0 Å². The Hall–Kier alpha value is -2.51. The summed E-state index contributed by atoms with van der Waals surface area (Å²) in [5, 5.41) is 10.1. The number of hydrogen-bond acceptors (Lipinski definition) is 3. The lowest BCUT2D eigenvalue weighted by atomic mass is 10.1. The molecule has 0 aliphatic rings. The Morgan fingerprint density at radius 1 is 1.16 bits per heavy atom. The molecule has 8 heteroatoms. The van der Waals surface area contributed by atoms with Crippen molar-refractivity contribution in [1.82, 2.24) is 15.8 Å². The minimum atomic E-state index is -4.32. The Labute approximate surface area is 144 Å². The van der Waals surface area contributed by atoms with Gasteiger partial charge in [0, 0.05) is 25.7 Å². The third kappa shape index (κ3) is 5.23. The number of benzene rings is 1. The van der Waals surface area contributed by atoms with Crippen LogP contribution < -0.4 is 10.6 Å². The average molecular weight is 354 g/mol. The molecule has 2 aromatic rings. The van der Waals surface area contributed by atoms with Crippen LogP contribution in [0.15, 0.2) is 33.8 Å². The van der Waals surface area contributed by atoms with E-state index >= 15 is 0 Å². The number of rotatable bonds is 5. The highest BCUT2D eigenvalue weighted by atomic mass is 19.4. The number of hydrogen-bond donors (Lipinski definition) is 2. The molecule has 0 aliphatic carbocycles. The molecule has 0 radical (unpaired) electrons. The van der Waals surface area contributed by atoms with Crippen LogP contribution in [-0.2, 0) is 19.1 Å². The fourth-order valence-electron chi connectivity index (χ4n) is 2.38. The van der Waals surface area contributed by atoms with Crippen molar-refractivity contribution < 1.29 is 17.7 Å². The fourth-order valence-corrected chi connectivity index (χ4v) is 2.38. The predicted octanol–water partition coefficient (Wildman–Crippen LogP) is 3.22. The second kappa shape index (κ2) is 8.04. The van der Waals surface area contributed by atoms with Crippen LogP contribution in [0, 0.1) is 13.8 Å². The molecule has 2 rings (SSSR count). The number of aliphatic imine (C=N–C) groups is 1. The van der Waals surface area contributed by atoms with Gasteiger partial charge in [0.1, 0.15) is 5.76 Å². The number of alkyl halides is 3. The van der Waals surface area contributed by atoms with Crippen LogP contribution in [0.2, 0.25) is 0 Å². The normalized spacial score (nSPS) is 12.3. The fraction of sp³-hybridized carbons (Fsp3) is 0.412. The average Bonchev–Trinajstić information content (AvgIpc) is 2.89. The Morgan fingerprint density at radius 3 is 2.36 bits per heavy atom. The Kier molecular flexibility index (Phi) is 6.06. The van der Waals surface area contributed by atoms with Crippen molar-refractivity contribution in [2.45, 2.75) is 33.0 Å². The first-order valence-electron chi connectivity index (χ1n) is 7.83. The van der Waals surface area contributed by atoms with Crippen molar-refractivity contribution in [3.63, 3.8) is 0 Å². The van der Waals surface area contributed by atoms with Crippen LogP contribution in [-0.4, -0.2) is 24.7 Å². The van der Waals surface area contributed by atoms with Crippen molar-refractivity contribution in [2.75, 3.05) is 13.6 Å². The summed E-state index contributed by atoms with van der Waals surface area (Å²) in [7, 11) is 1.64. The molecule has 0 unspecified atom stereocenters. The Balaban J connectivity index is 1.82. The molecular formula is C17H21F3N4O. The van der Waals surface area contributed by atoms with Gasteiger partial charge in [-0.05, 0) is 38.0 Å². The van der Waals surface area contributed by atoms with Gasteiger partial charge in [-0.15, -0.1) is 0 Å². The first kappa shape index (κ1) is 18.8. The Morgan fingerprint density at radius 2 is 1.84 bits per heavy atom. The number of halogens is 3. The lowest BCUT2D eigenvalue weighted by Gasteiger charge is -2.12. The highest BCUT2D eigenvalue weighted by Gasteiger charge is 2.29. The standard InChI is InChI=1S/C17H21F3N4O/c1-11-15(12(2)25-24-11)8-9-22-16(21-3)23-10-13-4-6-14(7-5-13)17(18,19)20/h4-7H,8-10H2,1-3H3,(H2,21,22,23). The van der Waals surface area contributed by atoms with E-state index in [4.69, 9.17) is 4.52 Å². The quantitative estimate of drug-likeness (QED) is 0.639. The smallest absolute Gasteiger partial charge is 0.361 e.